The van der Waals surface area contributed by atoms with Crippen molar-refractivity contribution in [3.8, 4) is 0 Å². The Morgan fingerprint density at radius 2 is 0.649 bits per heavy atom. The van der Waals surface area contributed by atoms with Gasteiger partial charge in [0.25, 0.3) is 0 Å². The normalized spacial score (nSPS) is 30.6. The molecule has 15 heteroatoms. The van der Waals surface area contributed by atoms with E-state index < -0.39 is 73.6 Å². The summed E-state index contributed by atoms with van der Waals surface area (Å²) in [6, 6.07) is 0. The molecule has 1 aliphatic carbocycles. The van der Waals surface area contributed by atoms with Crippen LogP contribution < -0.4 is 0 Å². The van der Waals surface area contributed by atoms with Gasteiger partial charge >= 0.3 is 0 Å². The molecule has 1 N–H and O–H groups in total. The molecule has 440 valence electrons. The summed E-state index contributed by atoms with van der Waals surface area (Å²) in [5, 5.41) is 11.7. The minimum Gasteiger partial charge on any atom is -0.381 e. The van der Waals surface area contributed by atoms with Gasteiger partial charge in [0.1, 0.15) is 61.0 Å². The van der Waals surface area contributed by atoms with Gasteiger partial charge in [0.15, 0.2) is 12.6 Å². The molecule has 2 aliphatic heterocycles. The predicted octanol–water partition coefficient (Wildman–Crippen LogP) is 11.3. The largest absolute Gasteiger partial charge is 0.381 e. The Morgan fingerprint density at radius 1 is 0.324 bits per heavy atom. The molecule has 0 amide bonds. The van der Waals surface area contributed by atoms with Gasteiger partial charge in [-0.25, -0.2) is 0 Å². The minimum atomic E-state index is -1.25. The molecule has 15 nitrogen and oxygen atoms in total. The lowest BCUT2D eigenvalue weighted by Crippen LogP contribution is -2.67. The van der Waals surface area contributed by atoms with Crippen molar-refractivity contribution in [1.29, 1.82) is 0 Å². The van der Waals surface area contributed by atoms with Crippen LogP contribution >= 0.6 is 0 Å². The van der Waals surface area contributed by atoms with Crippen LogP contribution in [0.2, 0.25) is 0 Å². The SMILES string of the molecule is CCCCOCC1O[C@@H](O[C@H]2C(OCCCC)C(OCCCC)[C@H](O)O[C@H]2COCCCC)[C@@H](OCCCC)C(OCCCC)[C@H]1O[C@H]1CC(COCCCC)[C@H](OCCCC)[C@H](OCCCC)C1OCCCC. The van der Waals surface area contributed by atoms with E-state index in [4.69, 9.17) is 66.3 Å². The van der Waals surface area contributed by atoms with Gasteiger partial charge in [-0.3, -0.25) is 0 Å². The molecule has 0 radical (unpaired) electrons. The maximum absolute atomic E-state index is 11.7. The highest BCUT2D eigenvalue weighted by atomic mass is 16.8. The molecule has 2 heterocycles. The average molecular weight is 1060 g/mol. The molecular weight excluding hydrogens is 949 g/mol. The number of unbranched alkanes of at least 4 members (excludes halogenated alkanes) is 10. The molecule has 1 saturated carbocycles. The van der Waals surface area contributed by atoms with Gasteiger partial charge in [0.2, 0.25) is 0 Å². The zero-order valence-corrected chi connectivity index (χ0v) is 48.9. The zero-order chi connectivity index (χ0) is 53.6. The highest BCUT2D eigenvalue weighted by molar-refractivity contribution is 5.01. The first-order chi connectivity index (χ1) is 36.3. The smallest absolute Gasteiger partial charge is 0.187 e. The van der Waals surface area contributed by atoms with Crippen LogP contribution in [0, 0.1) is 5.92 Å². The van der Waals surface area contributed by atoms with Crippen LogP contribution in [0.25, 0.3) is 0 Å². The first-order valence-electron chi connectivity index (χ1n) is 30.7. The summed E-state index contributed by atoms with van der Waals surface area (Å²) in [7, 11) is 0. The summed E-state index contributed by atoms with van der Waals surface area (Å²) in [4.78, 5) is 0. The lowest BCUT2D eigenvalue weighted by molar-refractivity contribution is -0.375. The fourth-order valence-corrected chi connectivity index (χ4v) is 9.64. The Labute approximate surface area is 451 Å². The van der Waals surface area contributed by atoms with Crippen molar-refractivity contribution in [3.63, 3.8) is 0 Å². The number of hydrogen-bond donors (Lipinski definition) is 1. The maximum Gasteiger partial charge on any atom is 0.187 e. The topological polar surface area (TPSA) is 149 Å². The summed E-state index contributed by atoms with van der Waals surface area (Å²) in [6.45, 7) is 28.0. The van der Waals surface area contributed by atoms with E-state index in [0.29, 0.717) is 79.1 Å². The summed E-state index contributed by atoms with van der Waals surface area (Å²) < 4.78 is 96.3. The number of ether oxygens (including phenoxy) is 14. The second-order valence-corrected chi connectivity index (χ2v) is 21.0. The third kappa shape index (κ3) is 24.4. The molecule has 2 saturated heterocycles. The predicted molar refractivity (Wildman–Crippen MR) is 291 cm³/mol. The molecule has 0 aromatic rings. The van der Waals surface area contributed by atoms with Crippen molar-refractivity contribution < 1.29 is 71.4 Å². The maximum atomic E-state index is 11.7. The summed E-state index contributed by atoms with van der Waals surface area (Å²) in [5.74, 6) is -0.0162. The van der Waals surface area contributed by atoms with Gasteiger partial charge in [-0.05, 0) is 70.6 Å². The molecule has 6 unspecified atom stereocenters. The van der Waals surface area contributed by atoms with Gasteiger partial charge in [-0.15, -0.1) is 0 Å². The van der Waals surface area contributed by atoms with Crippen LogP contribution in [0.3, 0.4) is 0 Å². The Bertz CT molecular complexity index is 1270. The molecule has 74 heavy (non-hydrogen) atoms. The Hall–Kier alpha value is -0.600. The molecule has 0 bridgehead atoms. The average Bonchev–Trinajstić information content (AvgIpc) is 3.40. The highest BCUT2D eigenvalue weighted by Gasteiger charge is 2.56. The van der Waals surface area contributed by atoms with E-state index in [-0.39, 0.29) is 31.3 Å². The lowest BCUT2D eigenvalue weighted by Gasteiger charge is -2.52. The van der Waals surface area contributed by atoms with Gasteiger partial charge < -0.3 is 71.4 Å². The molecule has 0 aromatic carbocycles. The fraction of sp³-hybridized carbons (Fsp3) is 1.00. The zero-order valence-electron chi connectivity index (χ0n) is 48.9. The van der Waals surface area contributed by atoms with Gasteiger partial charge in [0, 0.05) is 72.0 Å². The molecule has 15 atom stereocenters. The fourth-order valence-electron chi connectivity index (χ4n) is 9.64. The van der Waals surface area contributed by atoms with Crippen molar-refractivity contribution in [2.45, 2.75) is 290 Å². The highest BCUT2D eigenvalue weighted by Crippen LogP contribution is 2.40. The standard InChI is InChI=1S/C59H114O15/c1-11-21-31-61-42-45-41-46(50(65-35-25-15-5)53(66-36-26-16-6)49(45)64-34-24-14-4)71-51-48(44-63-33-23-13-3)73-59(57(70-40-30-20-10)55(51)68-38-28-18-8)74-52-47(43-62-32-22-12-2)72-58(60)56(69-39-29-19-9)54(52)67-37-27-17-7/h45-60H,11-44H2,1-10H3/t45?,46-,47-,48?,49-,50?,51-,52+,53-,54?,55?,56?,57-,58+,59-/m0/s1. The van der Waals surface area contributed by atoms with Gasteiger partial charge in [-0.1, -0.05) is 133 Å². The summed E-state index contributed by atoms with van der Waals surface area (Å²) in [6.07, 6.45) is 10.00. The van der Waals surface area contributed by atoms with E-state index in [1.54, 1.807) is 0 Å². The van der Waals surface area contributed by atoms with E-state index in [1.807, 2.05) is 0 Å². The van der Waals surface area contributed by atoms with Gasteiger partial charge in [-0.2, -0.15) is 0 Å². The van der Waals surface area contributed by atoms with E-state index in [2.05, 4.69) is 69.2 Å². The molecule has 3 aliphatic rings. The van der Waals surface area contributed by atoms with Crippen LogP contribution in [0.1, 0.15) is 204 Å². The molecule has 3 rings (SSSR count). The second kappa shape index (κ2) is 43.2. The number of aliphatic hydroxyl groups excluding tert-OH is 1. The molecule has 0 aromatic heterocycles. The van der Waals surface area contributed by atoms with Crippen molar-refractivity contribution in [2.24, 2.45) is 5.92 Å². The van der Waals surface area contributed by atoms with Crippen molar-refractivity contribution >= 4 is 0 Å². The number of aliphatic hydroxyl groups is 1. The van der Waals surface area contributed by atoms with Crippen molar-refractivity contribution in [3.05, 3.63) is 0 Å². The third-order valence-electron chi connectivity index (χ3n) is 14.3. The van der Waals surface area contributed by atoms with Crippen molar-refractivity contribution in [2.75, 3.05) is 85.9 Å². The van der Waals surface area contributed by atoms with Crippen LogP contribution in [0.15, 0.2) is 0 Å². The minimum absolute atomic E-state index is 0.0162. The second-order valence-electron chi connectivity index (χ2n) is 21.0. The molecule has 3 fully saturated rings. The number of hydrogen-bond acceptors (Lipinski definition) is 15. The third-order valence-corrected chi connectivity index (χ3v) is 14.3. The lowest BCUT2D eigenvalue weighted by atomic mass is 9.80. The van der Waals surface area contributed by atoms with E-state index >= 15 is 0 Å². The van der Waals surface area contributed by atoms with Crippen LogP contribution in [-0.2, 0) is 66.3 Å². The van der Waals surface area contributed by atoms with E-state index in [0.717, 1.165) is 128 Å². The monoisotopic (exact) mass is 1060 g/mol. The Morgan fingerprint density at radius 3 is 1.09 bits per heavy atom. The molecule has 0 spiro atoms. The van der Waals surface area contributed by atoms with Crippen molar-refractivity contribution in [1.82, 2.24) is 0 Å². The van der Waals surface area contributed by atoms with E-state index in [9.17, 15) is 5.11 Å². The van der Waals surface area contributed by atoms with E-state index in [1.165, 1.54) is 0 Å². The number of rotatable bonds is 47. The summed E-state index contributed by atoms with van der Waals surface area (Å²) in [5.41, 5.74) is 0. The molecular formula is C59H114O15. The van der Waals surface area contributed by atoms with Gasteiger partial charge in [0.05, 0.1) is 32.0 Å². The Balaban J connectivity index is 2.26. The van der Waals surface area contributed by atoms with Crippen LogP contribution in [0.5, 0.6) is 0 Å². The first-order valence-corrected chi connectivity index (χ1v) is 30.7. The Kier molecular flexibility index (Phi) is 39.5. The summed E-state index contributed by atoms with van der Waals surface area (Å²) >= 11 is 0. The van der Waals surface area contributed by atoms with Crippen LogP contribution in [0.4, 0.5) is 0 Å². The van der Waals surface area contributed by atoms with Crippen LogP contribution in [-0.4, -0.2) is 177 Å². The quantitative estimate of drug-likeness (QED) is 0.0576. The first kappa shape index (κ1) is 67.7.